The molecule has 0 heterocycles. The van der Waals surface area contributed by atoms with Gasteiger partial charge in [-0.25, -0.2) is 0 Å². The second kappa shape index (κ2) is 8.59. The number of terminal acetylenes is 1. The lowest BCUT2D eigenvalue weighted by Gasteiger charge is -2.07. The number of aliphatic carboxylic acids is 1. The van der Waals surface area contributed by atoms with Gasteiger partial charge in [-0.05, 0) is 25.0 Å². The molecule has 2 N–H and O–H groups in total. The largest absolute Gasteiger partial charge is 0.481 e. The molecule has 0 saturated carbocycles. The third-order valence-corrected chi connectivity index (χ3v) is 2.48. The number of benzene rings is 1. The fraction of sp³-hybridized carbons (Fsp3) is 0.333. The molecule has 0 fully saturated rings. The normalized spacial score (nSPS) is 9.55. The van der Waals surface area contributed by atoms with E-state index in [-0.39, 0.29) is 18.9 Å². The van der Waals surface area contributed by atoms with Crippen molar-refractivity contribution in [2.24, 2.45) is 0 Å². The van der Waals surface area contributed by atoms with Gasteiger partial charge in [0.1, 0.15) is 12.4 Å². The van der Waals surface area contributed by atoms with E-state index in [1.54, 1.807) is 24.3 Å². The van der Waals surface area contributed by atoms with Crippen LogP contribution in [0.25, 0.3) is 0 Å². The number of carbonyl (C=O) groups excluding carboxylic acids is 1. The van der Waals surface area contributed by atoms with E-state index in [0.717, 1.165) is 0 Å². The number of carboxylic acid groups (broad SMARTS) is 1. The molecule has 20 heavy (non-hydrogen) atoms. The van der Waals surface area contributed by atoms with Gasteiger partial charge in [-0.2, -0.15) is 0 Å². The highest BCUT2D eigenvalue weighted by Crippen LogP contribution is 2.17. The first kappa shape index (κ1) is 15.6. The maximum atomic E-state index is 11.7. The van der Waals surface area contributed by atoms with Gasteiger partial charge in [-0.1, -0.05) is 12.0 Å². The molecular weight excluding hydrogens is 258 g/mol. The summed E-state index contributed by atoms with van der Waals surface area (Å²) in [5, 5.41) is 11.2. The fourth-order valence-corrected chi connectivity index (χ4v) is 1.57. The highest BCUT2D eigenvalue weighted by atomic mass is 16.5. The van der Waals surface area contributed by atoms with Crippen molar-refractivity contribution < 1.29 is 19.4 Å². The summed E-state index contributed by atoms with van der Waals surface area (Å²) in [4.78, 5) is 22.0. The van der Waals surface area contributed by atoms with Gasteiger partial charge >= 0.3 is 5.97 Å². The Balaban J connectivity index is 2.37. The first-order valence-electron chi connectivity index (χ1n) is 6.30. The molecule has 0 aromatic heterocycles. The van der Waals surface area contributed by atoms with Crippen LogP contribution in [0.3, 0.4) is 0 Å². The van der Waals surface area contributed by atoms with E-state index >= 15 is 0 Å². The summed E-state index contributed by atoms with van der Waals surface area (Å²) in [6, 6.07) is 6.94. The highest BCUT2D eigenvalue weighted by Gasteiger charge is 2.04. The summed E-state index contributed by atoms with van der Waals surface area (Å²) < 4.78 is 5.25. The van der Waals surface area contributed by atoms with Gasteiger partial charge in [-0.3, -0.25) is 9.59 Å². The van der Waals surface area contributed by atoms with Gasteiger partial charge in [0.15, 0.2) is 0 Å². The minimum Gasteiger partial charge on any atom is -0.481 e. The van der Waals surface area contributed by atoms with Crippen LogP contribution in [0.1, 0.15) is 25.7 Å². The Bertz CT molecular complexity index is 505. The van der Waals surface area contributed by atoms with Crippen LogP contribution in [0.2, 0.25) is 0 Å². The number of hydrogen-bond acceptors (Lipinski definition) is 3. The minimum atomic E-state index is -0.844. The predicted molar refractivity (Wildman–Crippen MR) is 75.5 cm³/mol. The number of carbonyl (C=O) groups is 2. The van der Waals surface area contributed by atoms with Crippen LogP contribution in [0.4, 0.5) is 5.69 Å². The number of ether oxygens (including phenoxy) is 1. The number of nitrogens with one attached hydrogen (secondary N) is 1. The third kappa shape index (κ3) is 6.45. The second-order valence-electron chi connectivity index (χ2n) is 4.17. The summed E-state index contributed by atoms with van der Waals surface area (Å²) in [6.45, 7) is 0.173. The summed E-state index contributed by atoms with van der Waals surface area (Å²) in [6.07, 6.45) is 6.52. The molecule has 0 unspecified atom stereocenters. The lowest BCUT2D eigenvalue weighted by Crippen LogP contribution is -2.11. The molecule has 1 aromatic rings. The summed E-state index contributed by atoms with van der Waals surface area (Å²) in [7, 11) is 0. The van der Waals surface area contributed by atoms with Gasteiger partial charge in [0.25, 0.3) is 0 Å². The fourth-order valence-electron chi connectivity index (χ4n) is 1.57. The van der Waals surface area contributed by atoms with Gasteiger partial charge < -0.3 is 15.2 Å². The number of amides is 1. The molecule has 0 bridgehead atoms. The average molecular weight is 275 g/mol. The lowest BCUT2D eigenvalue weighted by atomic mass is 10.2. The van der Waals surface area contributed by atoms with E-state index in [9.17, 15) is 9.59 Å². The number of carboxylic acids is 1. The molecule has 0 aliphatic heterocycles. The molecule has 0 saturated heterocycles. The Hall–Kier alpha value is -2.48. The van der Waals surface area contributed by atoms with Crippen LogP contribution in [-0.4, -0.2) is 23.6 Å². The SMILES string of the molecule is C#CCOc1cccc(NC(=O)CCCCC(=O)O)c1. The quantitative estimate of drug-likeness (QED) is 0.563. The van der Waals surface area contributed by atoms with E-state index in [0.29, 0.717) is 30.7 Å². The van der Waals surface area contributed by atoms with Crippen molar-refractivity contribution in [1.82, 2.24) is 0 Å². The summed E-state index contributed by atoms with van der Waals surface area (Å²) in [5.74, 6) is 1.96. The molecule has 1 amide bonds. The summed E-state index contributed by atoms with van der Waals surface area (Å²) >= 11 is 0. The van der Waals surface area contributed by atoms with Crippen LogP contribution in [0, 0.1) is 12.3 Å². The molecule has 1 rings (SSSR count). The van der Waals surface area contributed by atoms with Gasteiger partial charge in [0.2, 0.25) is 5.91 Å². The Morgan fingerprint density at radius 2 is 2.05 bits per heavy atom. The zero-order valence-corrected chi connectivity index (χ0v) is 11.1. The number of anilines is 1. The Morgan fingerprint density at radius 3 is 2.75 bits per heavy atom. The number of unbranched alkanes of at least 4 members (excludes halogenated alkanes) is 1. The van der Waals surface area contributed by atoms with Gasteiger partial charge in [-0.15, -0.1) is 6.42 Å². The monoisotopic (exact) mass is 275 g/mol. The van der Waals surface area contributed by atoms with E-state index in [2.05, 4.69) is 11.2 Å². The van der Waals surface area contributed by atoms with Crippen molar-refractivity contribution >= 4 is 17.6 Å². The second-order valence-corrected chi connectivity index (χ2v) is 4.17. The molecule has 0 aliphatic carbocycles. The molecule has 0 spiro atoms. The van der Waals surface area contributed by atoms with Crippen molar-refractivity contribution in [3.05, 3.63) is 24.3 Å². The van der Waals surface area contributed by atoms with Gasteiger partial charge in [0.05, 0.1) is 0 Å². The van der Waals surface area contributed by atoms with Crippen molar-refractivity contribution in [2.45, 2.75) is 25.7 Å². The van der Waals surface area contributed by atoms with E-state index in [4.69, 9.17) is 16.3 Å². The maximum absolute atomic E-state index is 11.7. The number of rotatable bonds is 8. The highest BCUT2D eigenvalue weighted by molar-refractivity contribution is 5.90. The van der Waals surface area contributed by atoms with Crippen molar-refractivity contribution in [1.29, 1.82) is 0 Å². The smallest absolute Gasteiger partial charge is 0.303 e. The third-order valence-electron chi connectivity index (χ3n) is 2.48. The van der Waals surface area contributed by atoms with Crippen LogP contribution >= 0.6 is 0 Å². The standard InChI is InChI=1S/C15H17NO4/c1-2-10-20-13-7-5-6-12(11-13)16-14(17)8-3-4-9-15(18)19/h1,5-7,11H,3-4,8-10H2,(H,16,17)(H,18,19). The number of hydrogen-bond donors (Lipinski definition) is 2. The Morgan fingerprint density at radius 1 is 1.30 bits per heavy atom. The summed E-state index contributed by atoms with van der Waals surface area (Å²) in [5.41, 5.74) is 0.628. The van der Waals surface area contributed by atoms with Crippen molar-refractivity contribution in [2.75, 3.05) is 11.9 Å². The molecule has 106 valence electrons. The van der Waals surface area contributed by atoms with Crippen LogP contribution in [0.5, 0.6) is 5.75 Å². The maximum Gasteiger partial charge on any atom is 0.303 e. The van der Waals surface area contributed by atoms with Crippen molar-refractivity contribution in [3.63, 3.8) is 0 Å². The van der Waals surface area contributed by atoms with E-state index in [1.165, 1.54) is 0 Å². The van der Waals surface area contributed by atoms with Crippen LogP contribution in [-0.2, 0) is 9.59 Å². The molecule has 0 atom stereocenters. The molecule has 1 aromatic carbocycles. The lowest BCUT2D eigenvalue weighted by molar-refractivity contribution is -0.137. The molecular formula is C15H17NO4. The first-order valence-corrected chi connectivity index (χ1v) is 6.30. The zero-order chi connectivity index (χ0) is 14.8. The zero-order valence-electron chi connectivity index (χ0n) is 11.1. The van der Waals surface area contributed by atoms with Crippen LogP contribution in [0.15, 0.2) is 24.3 Å². The molecule has 0 aliphatic rings. The van der Waals surface area contributed by atoms with E-state index < -0.39 is 5.97 Å². The van der Waals surface area contributed by atoms with Gasteiger partial charge in [0, 0.05) is 24.6 Å². The Kier molecular flexibility index (Phi) is 6.69. The molecule has 5 heteroatoms. The van der Waals surface area contributed by atoms with E-state index in [1.807, 2.05) is 0 Å². The molecule has 0 radical (unpaired) electrons. The minimum absolute atomic E-state index is 0.0860. The van der Waals surface area contributed by atoms with Crippen LogP contribution < -0.4 is 10.1 Å². The average Bonchev–Trinajstić information content (AvgIpc) is 2.41. The predicted octanol–water partition coefficient (Wildman–Crippen LogP) is 2.28. The topological polar surface area (TPSA) is 75.6 Å². The Labute approximate surface area is 117 Å². The first-order chi connectivity index (χ1) is 9.61. The molecule has 5 nitrogen and oxygen atoms in total. The van der Waals surface area contributed by atoms with Crippen molar-refractivity contribution in [3.8, 4) is 18.1 Å².